The third-order valence-corrected chi connectivity index (χ3v) is 9.94. The van der Waals surface area contributed by atoms with Crippen molar-refractivity contribution in [2.75, 3.05) is 6.61 Å². The summed E-state index contributed by atoms with van der Waals surface area (Å²) in [5, 5.41) is 12.2. The van der Waals surface area contributed by atoms with Crippen LogP contribution in [0.1, 0.15) is 65.2 Å². The molecule has 2 amide bonds. The van der Waals surface area contributed by atoms with Crippen molar-refractivity contribution < 1.29 is 19.4 Å². The highest BCUT2D eigenvalue weighted by Crippen LogP contribution is 2.69. The van der Waals surface area contributed by atoms with E-state index in [1.54, 1.807) is 6.08 Å². The van der Waals surface area contributed by atoms with Crippen LogP contribution in [0.4, 0.5) is 4.79 Å². The number of nitrogens with two attached hydrogens (primary N) is 1. The van der Waals surface area contributed by atoms with Gasteiger partial charge in [0.1, 0.15) is 6.61 Å². The normalized spacial score (nSPS) is 46.1. The molecule has 170 valence electrons. The molecule has 4 aliphatic carbocycles. The molecule has 0 saturated heterocycles. The Balaban J connectivity index is 1.40. The number of carbonyl (C=O) groups is 2. The number of hydrazine groups is 1. The third kappa shape index (κ3) is 2.95. The summed E-state index contributed by atoms with van der Waals surface area (Å²) in [4.78, 5) is 22.7. The summed E-state index contributed by atoms with van der Waals surface area (Å²) in [5.74, 6) is 1.22. The van der Waals surface area contributed by atoms with Gasteiger partial charge in [0.15, 0.2) is 0 Å². The van der Waals surface area contributed by atoms with Crippen LogP contribution in [0.15, 0.2) is 23.4 Å². The fourth-order valence-electron chi connectivity index (χ4n) is 8.26. The molecule has 3 fully saturated rings. The van der Waals surface area contributed by atoms with Gasteiger partial charge in [-0.15, -0.1) is 0 Å². The van der Waals surface area contributed by atoms with E-state index in [4.69, 9.17) is 10.5 Å². The van der Waals surface area contributed by atoms with Crippen LogP contribution in [0.5, 0.6) is 0 Å². The van der Waals surface area contributed by atoms with Crippen molar-refractivity contribution in [2.24, 2.45) is 40.2 Å². The van der Waals surface area contributed by atoms with Crippen molar-refractivity contribution in [1.82, 2.24) is 10.9 Å². The molecule has 5 rings (SSSR count). The molecule has 0 radical (unpaired) electrons. The first kappa shape index (κ1) is 20.9. The number of primary amides is 1. The molecule has 1 heterocycles. The second-order valence-corrected chi connectivity index (χ2v) is 11.0. The molecule has 0 aromatic carbocycles. The van der Waals surface area contributed by atoms with E-state index < -0.39 is 11.6 Å². The lowest BCUT2D eigenvalue weighted by molar-refractivity contribution is -0.197. The largest absolute Gasteiger partial charge is 0.458 e. The van der Waals surface area contributed by atoms with Crippen molar-refractivity contribution in [3.05, 3.63) is 23.4 Å². The summed E-state index contributed by atoms with van der Waals surface area (Å²) >= 11 is 0. The van der Waals surface area contributed by atoms with Gasteiger partial charge in [0.2, 0.25) is 0 Å². The Morgan fingerprint density at radius 1 is 1.16 bits per heavy atom. The van der Waals surface area contributed by atoms with E-state index in [-0.39, 0.29) is 22.7 Å². The van der Waals surface area contributed by atoms with Crippen molar-refractivity contribution in [3.8, 4) is 0 Å². The van der Waals surface area contributed by atoms with Crippen LogP contribution >= 0.6 is 0 Å². The second-order valence-electron chi connectivity index (χ2n) is 11.0. The summed E-state index contributed by atoms with van der Waals surface area (Å²) in [6.45, 7) is 5.06. The molecule has 0 aromatic rings. The van der Waals surface area contributed by atoms with E-state index >= 15 is 0 Å². The highest BCUT2D eigenvalue weighted by atomic mass is 16.5. The second kappa shape index (κ2) is 6.99. The molecule has 31 heavy (non-hydrogen) atoms. The minimum atomic E-state index is -0.684. The summed E-state index contributed by atoms with van der Waals surface area (Å²) in [5.41, 5.74) is 12.1. The number of allylic oxidation sites excluding steroid dienone is 2. The lowest BCUT2D eigenvalue weighted by atomic mass is 9.44. The summed E-state index contributed by atoms with van der Waals surface area (Å²) in [6.07, 6.45) is 11.8. The minimum Gasteiger partial charge on any atom is -0.458 e. The molecule has 3 saturated carbocycles. The van der Waals surface area contributed by atoms with Gasteiger partial charge in [-0.3, -0.25) is 5.43 Å². The van der Waals surface area contributed by atoms with Gasteiger partial charge in [-0.05, 0) is 86.0 Å². The quantitative estimate of drug-likeness (QED) is 0.407. The van der Waals surface area contributed by atoms with Crippen LogP contribution in [-0.2, 0) is 9.53 Å². The number of rotatable bonds is 3. The van der Waals surface area contributed by atoms with Crippen molar-refractivity contribution in [2.45, 2.75) is 70.8 Å². The smallest absolute Gasteiger partial charge is 0.331 e. The molecule has 7 nitrogen and oxygen atoms in total. The first-order valence-electron chi connectivity index (χ1n) is 11.8. The van der Waals surface area contributed by atoms with Crippen molar-refractivity contribution in [1.29, 1.82) is 0 Å². The lowest BCUT2D eigenvalue weighted by Crippen LogP contribution is -2.61. The molecule has 0 spiro atoms. The fourth-order valence-corrected chi connectivity index (χ4v) is 8.26. The molecule has 0 aromatic heterocycles. The van der Waals surface area contributed by atoms with Gasteiger partial charge in [0, 0.05) is 17.2 Å². The number of nitrogens with one attached hydrogen (secondary N) is 2. The first-order valence-corrected chi connectivity index (χ1v) is 11.8. The van der Waals surface area contributed by atoms with Gasteiger partial charge in [0.05, 0.1) is 5.60 Å². The van der Waals surface area contributed by atoms with Gasteiger partial charge in [-0.2, -0.15) is 0 Å². The number of esters is 1. The Bertz CT molecular complexity index is 869. The van der Waals surface area contributed by atoms with E-state index in [1.165, 1.54) is 0 Å². The number of amides is 2. The van der Waals surface area contributed by atoms with E-state index in [0.29, 0.717) is 24.4 Å². The molecular weight excluding hydrogens is 394 g/mol. The van der Waals surface area contributed by atoms with E-state index in [2.05, 4.69) is 30.8 Å². The first-order chi connectivity index (χ1) is 14.7. The average Bonchev–Trinajstić information content (AvgIpc) is 3.26. The van der Waals surface area contributed by atoms with Crippen LogP contribution in [0, 0.1) is 34.5 Å². The van der Waals surface area contributed by atoms with Crippen LogP contribution in [-0.4, -0.2) is 29.3 Å². The molecule has 5 aliphatic rings. The Morgan fingerprint density at radius 3 is 2.68 bits per heavy atom. The molecule has 7 heteroatoms. The molecule has 0 bridgehead atoms. The molecule has 0 unspecified atom stereocenters. The topological polar surface area (TPSA) is 114 Å². The highest BCUT2D eigenvalue weighted by molar-refractivity contribution is 5.85. The van der Waals surface area contributed by atoms with Crippen LogP contribution in [0.25, 0.3) is 0 Å². The van der Waals surface area contributed by atoms with Gasteiger partial charge in [-0.25, -0.2) is 9.59 Å². The Kier molecular flexibility index (Phi) is 4.70. The fraction of sp³-hybridized carbons (Fsp3) is 0.750. The summed E-state index contributed by atoms with van der Waals surface area (Å²) in [6, 6.07) is -0.577. The predicted octanol–water partition coefficient (Wildman–Crippen LogP) is 2.91. The van der Waals surface area contributed by atoms with E-state index in [0.717, 1.165) is 62.6 Å². The number of aliphatic hydroxyl groups is 1. The Labute approximate surface area is 183 Å². The van der Waals surface area contributed by atoms with Gasteiger partial charge < -0.3 is 21.0 Å². The maximum absolute atomic E-state index is 12.2. The maximum atomic E-state index is 12.2. The number of cyclic esters (lactones) is 1. The number of urea groups is 1. The van der Waals surface area contributed by atoms with Crippen LogP contribution in [0.3, 0.4) is 0 Å². The van der Waals surface area contributed by atoms with E-state index in [1.807, 2.05) is 0 Å². The van der Waals surface area contributed by atoms with Crippen LogP contribution in [0.2, 0.25) is 0 Å². The standard InChI is InChI=1S/C24H35N3O4/c1-22-8-5-16(26-27-21(25)29)12-15(22)3-4-19-18(22)6-9-23(2)17(7-10-24(19,23)30)14-11-20(28)31-13-14/h11-12,15,17-19,26,30H,3-10,13H2,1-2H3,(H3,25,27,29)/t15-,17-,18+,19+,22+,23+,24-/m0/s1. The van der Waals surface area contributed by atoms with Crippen molar-refractivity contribution >= 4 is 12.0 Å². The van der Waals surface area contributed by atoms with Gasteiger partial charge >= 0.3 is 12.0 Å². The monoisotopic (exact) mass is 429 g/mol. The van der Waals surface area contributed by atoms with Gasteiger partial charge in [-0.1, -0.05) is 19.9 Å². The number of ether oxygens (including phenoxy) is 1. The molecule has 7 atom stereocenters. The average molecular weight is 430 g/mol. The Morgan fingerprint density at radius 2 is 1.97 bits per heavy atom. The lowest BCUT2D eigenvalue weighted by Gasteiger charge is -2.62. The number of fused-ring (bicyclic) bond motifs is 5. The zero-order chi connectivity index (χ0) is 22.0. The minimum absolute atomic E-state index is 0.154. The zero-order valence-electron chi connectivity index (χ0n) is 18.6. The van der Waals surface area contributed by atoms with Crippen LogP contribution < -0.4 is 16.6 Å². The number of hydrogen-bond acceptors (Lipinski definition) is 5. The van der Waals surface area contributed by atoms with Gasteiger partial charge in [0.25, 0.3) is 0 Å². The number of carbonyl (C=O) groups excluding carboxylic acids is 2. The molecular formula is C24H35N3O4. The number of hydrogen-bond donors (Lipinski definition) is 4. The maximum Gasteiger partial charge on any atom is 0.331 e. The predicted molar refractivity (Wildman–Crippen MR) is 115 cm³/mol. The van der Waals surface area contributed by atoms with E-state index in [9.17, 15) is 14.7 Å². The SMILES string of the molecule is C[C@@]12CCC(NNC(N)=O)=C[C@@H]1CC[C@@H]1[C@H]2CC[C@]2(C)[C@H](C3=CC(=O)OC3)CC[C@]12O. The molecule has 5 N–H and O–H groups in total. The molecule has 1 aliphatic heterocycles. The summed E-state index contributed by atoms with van der Waals surface area (Å²) in [7, 11) is 0. The van der Waals surface area contributed by atoms with Crippen molar-refractivity contribution in [3.63, 3.8) is 0 Å². The third-order valence-electron chi connectivity index (χ3n) is 9.94. The Hall–Kier alpha value is -2.02. The highest BCUT2D eigenvalue weighted by Gasteiger charge is 2.67. The zero-order valence-corrected chi connectivity index (χ0v) is 18.6. The summed E-state index contributed by atoms with van der Waals surface area (Å²) < 4.78 is 5.21.